The van der Waals surface area contributed by atoms with Crippen molar-refractivity contribution in [2.75, 3.05) is 5.32 Å². The van der Waals surface area contributed by atoms with Crippen LogP contribution >= 0.6 is 23.2 Å². The molecule has 0 spiro atoms. The third kappa shape index (κ3) is 4.73. The topological polar surface area (TPSA) is 38.3 Å². The van der Waals surface area contributed by atoms with E-state index in [-0.39, 0.29) is 5.91 Å². The molecule has 3 aromatic carbocycles. The van der Waals surface area contributed by atoms with Crippen molar-refractivity contribution in [3.63, 3.8) is 0 Å². The molecule has 1 aliphatic carbocycles. The molecule has 31 heavy (non-hydrogen) atoms. The number of nitrogens with one attached hydrogen (secondary N) is 1. The minimum absolute atomic E-state index is 0.0217. The second-order valence-electron chi connectivity index (χ2n) is 8.12. The third-order valence-corrected chi connectivity index (χ3v) is 6.56. The molecule has 0 aliphatic heterocycles. The zero-order chi connectivity index (χ0) is 21.8. The number of anilines is 1. The highest BCUT2D eigenvalue weighted by Gasteiger charge is 2.44. The first kappa shape index (κ1) is 21.7. The lowest BCUT2D eigenvalue weighted by molar-refractivity contribution is -0.121. The molecule has 0 heterocycles. The van der Waals surface area contributed by atoms with Crippen LogP contribution in [0.4, 0.5) is 5.69 Å². The Morgan fingerprint density at radius 3 is 2.42 bits per heavy atom. The predicted octanol–water partition coefficient (Wildman–Crippen LogP) is 7.33. The summed E-state index contributed by atoms with van der Waals surface area (Å²) in [6, 6.07) is 21.2. The number of ether oxygens (including phenoxy) is 1. The fraction of sp³-hybridized carbons (Fsp3) is 0.269. The van der Waals surface area contributed by atoms with Gasteiger partial charge in [-0.15, -0.1) is 0 Å². The van der Waals surface area contributed by atoms with Crippen LogP contribution < -0.4 is 10.1 Å². The molecule has 1 fully saturated rings. The molecule has 0 aromatic heterocycles. The summed E-state index contributed by atoms with van der Waals surface area (Å²) in [6.07, 6.45) is 3.55. The van der Waals surface area contributed by atoms with Crippen molar-refractivity contribution in [2.24, 2.45) is 0 Å². The second kappa shape index (κ2) is 9.33. The Labute approximate surface area is 193 Å². The van der Waals surface area contributed by atoms with Gasteiger partial charge in [0.1, 0.15) is 12.4 Å². The van der Waals surface area contributed by atoms with Gasteiger partial charge in [0.15, 0.2) is 0 Å². The largest absolute Gasteiger partial charge is 0.489 e. The summed E-state index contributed by atoms with van der Waals surface area (Å²) >= 11 is 12.6. The average molecular weight is 454 g/mol. The van der Waals surface area contributed by atoms with E-state index < -0.39 is 5.41 Å². The predicted molar refractivity (Wildman–Crippen MR) is 127 cm³/mol. The summed E-state index contributed by atoms with van der Waals surface area (Å²) in [7, 11) is 0. The van der Waals surface area contributed by atoms with Crippen LogP contribution in [-0.2, 0) is 16.8 Å². The minimum Gasteiger partial charge on any atom is -0.489 e. The molecule has 4 rings (SSSR count). The summed E-state index contributed by atoms with van der Waals surface area (Å²) in [6.45, 7) is 2.49. The first-order chi connectivity index (χ1) is 15.0. The van der Waals surface area contributed by atoms with Gasteiger partial charge in [0.25, 0.3) is 0 Å². The Balaban J connectivity index is 1.51. The molecular weight excluding hydrogens is 429 g/mol. The number of amides is 1. The maximum absolute atomic E-state index is 13.4. The molecule has 0 atom stereocenters. The molecule has 1 N–H and O–H groups in total. The van der Waals surface area contributed by atoms with Gasteiger partial charge in [-0.05, 0) is 66.8 Å². The summed E-state index contributed by atoms with van der Waals surface area (Å²) < 4.78 is 5.96. The van der Waals surface area contributed by atoms with Gasteiger partial charge >= 0.3 is 0 Å². The molecule has 0 radical (unpaired) electrons. The molecule has 1 amide bonds. The zero-order valence-corrected chi connectivity index (χ0v) is 19.0. The number of carbonyl (C=O) groups excluding carboxylic acids is 1. The van der Waals surface area contributed by atoms with Crippen LogP contribution in [0.25, 0.3) is 0 Å². The maximum Gasteiger partial charge on any atom is 0.235 e. The van der Waals surface area contributed by atoms with Gasteiger partial charge in [0.05, 0.1) is 5.41 Å². The van der Waals surface area contributed by atoms with Crippen LogP contribution in [0.2, 0.25) is 10.0 Å². The molecule has 0 saturated heterocycles. The highest BCUT2D eigenvalue weighted by Crippen LogP contribution is 2.45. The quantitative estimate of drug-likeness (QED) is 0.424. The van der Waals surface area contributed by atoms with E-state index in [4.69, 9.17) is 27.9 Å². The Morgan fingerprint density at radius 1 is 1.00 bits per heavy atom. The Hall–Kier alpha value is -2.49. The standard InChI is InChI=1S/C26H25Cl2NO2/c1-18-15-21(10-12-24(18)31-17-19-7-3-2-4-8-19)29-25(30)26(13-5-6-14-26)22-11-9-20(27)16-23(22)28/h2-4,7-12,15-16H,5-6,13-14,17H2,1H3,(H,29,30). The number of benzene rings is 3. The van der Waals surface area contributed by atoms with Gasteiger partial charge in [0.2, 0.25) is 5.91 Å². The van der Waals surface area contributed by atoms with Crippen molar-refractivity contribution in [1.29, 1.82) is 0 Å². The van der Waals surface area contributed by atoms with Gasteiger partial charge in [-0.1, -0.05) is 72.4 Å². The van der Waals surface area contributed by atoms with Crippen molar-refractivity contribution in [3.8, 4) is 5.75 Å². The van der Waals surface area contributed by atoms with Crippen molar-refractivity contribution < 1.29 is 9.53 Å². The highest BCUT2D eigenvalue weighted by atomic mass is 35.5. The van der Waals surface area contributed by atoms with E-state index in [1.807, 2.05) is 61.5 Å². The van der Waals surface area contributed by atoms with Crippen LogP contribution in [0.15, 0.2) is 66.7 Å². The molecule has 1 aliphatic rings. The Morgan fingerprint density at radius 2 is 1.74 bits per heavy atom. The smallest absolute Gasteiger partial charge is 0.235 e. The molecule has 160 valence electrons. The van der Waals surface area contributed by atoms with Gasteiger partial charge in [-0.2, -0.15) is 0 Å². The van der Waals surface area contributed by atoms with E-state index in [1.165, 1.54) is 0 Å². The van der Waals surface area contributed by atoms with Crippen LogP contribution in [0.3, 0.4) is 0 Å². The van der Waals surface area contributed by atoms with Crippen molar-refractivity contribution in [2.45, 2.75) is 44.6 Å². The van der Waals surface area contributed by atoms with E-state index in [2.05, 4.69) is 5.32 Å². The summed E-state index contributed by atoms with van der Waals surface area (Å²) in [4.78, 5) is 13.4. The highest BCUT2D eigenvalue weighted by molar-refractivity contribution is 6.35. The SMILES string of the molecule is Cc1cc(NC(=O)C2(c3ccc(Cl)cc3Cl)CCCC2)ccc1OCc1ccccc1. The van der Waals surface area contributed by atoms with Crippen LogP contribution in [0.5, 0.6) is 5.75 Å². The monoisotopic (exact) mass is 453 g/mol. The molecule has 5 heteroatoms. The number of hydrogen-bond acceptors (Lipinski definition) is 2. The zero-order valence-electron chi connectivity index (χ0n) is 17.5. The fourth-order valence-corrected chi connectivity index (χ4v) is 4.94. The van der Waals surface area contributed by atoms with E-state index in [0.717, 1.165) is 53.8 Å². The molecule has 3 aromatic rings. The molecule has 1 saturated carbocycles. The van der Waals surface area contributed by atoms with Crippen molar-refractivity contribution >= 4 is 34.8 Å². The minimum atomic E-state index is -0.627. The fourth-order valence-electron chi connectivity index (χ4n) is 4.35. The number of hydrogen-bond donors (Lipinski definition) is 1. The van der Waals surface area contributed by atoms with Gasteiger partial charge in [-0.25, -0.2) is 0 Å². The molecule has 0 bridgehead atoms. The first-order valence-electron chi connectivity index (χ1n) is 10.5. The normalized spacial score (nSPS) is 14.9. The molecule has 0 unspecified atom stereocenters. The van der Waals surface area contributed by atoms with Gasteiger partial charge < -0.3 is 10.1 Å². The van der Waals surface area contributed by atoms with Crippen molar-refractivity contribution in [3.05, 3.63) is 93.5 Å². The van der Waals surface area contributed by atoms with Gasteiger partial charge in [-0.3, -0.25) is 4.79 Å². The van der Waals surface area contributed by atoms with E-state index in [0.29, 0.717) is 16.7 Å². The average Bonchev–Trinajstić information content (AvgIpc) is 3.25. The maximum atomic E-state index is 13.4. The third-order valence-electron chi connectivity index (χ3n) is 6.01. The molecule has 3 nitrogen and oxygen atoms in total. The van der Waals surface area contributed by atoms with Crippen LogP contribution in [0.1, 0.15) is 42.4 Å². The first-order valence-corrected chi connectivity index (χ1v) is 11.3. The van der Waals surface area contributed by atoms with Gasteiger partial charge in [0, 0.05) is 15.7 Å². The molecular formula is C26H25Cl2NO2. The van der Waals surface area contributed by atoms with E-state index in [1.54, 1.807) is 12.1 Å². The van der Waals surface area contributed by atoms with E-state index >= 15 is 0 Å². The Bertz CT molecular complexity index is 1080. The van der Waals surface area contributed by atoms with Crippen LogP contribution in [-0.4, -0.2) is 5.91 Å². The summed E-state index contributed by atoms with van der Waals surface area (Å²) in [5.74, 6) is 0.782. The van der Waals surface area contributed by atoms with Crippen LogP contribution in [0, 0.1) is 6.92 Å². The number of rotatable bonds is 6. The number of carbonyl (C=O) groups is 1. The summed E-state index contributed by atoms with van der Waals surface area (Å²) in [5.41, 5.74) is 3.07. The van der Waals surface area contributed by atoms with Crippen molar-refractivity contribution in [1.82, 2.24) is 0 Å². The van der Waals surface area contributed by atoms with E-state index in [9.17, 15) is 4.79 Å². The Kier molecular flexibility index (Phi) is 6.54. The number of aryl methyl sites for hydroxylation is 1. The lowest BCUT2D eigenvalue weighted by Crippen LogP contribution is -2.38. The second-order valence-corrected chi connectivity index (χ2v) is 8.97. The summed E-state index contributed by atoms with van der Waals surface area (Å²) in [5, 5.41) is 4.24. The lowest BCUT2D eigenvalue weighted by Gasteiger charge is -2.29. The number of halogens is 2. The lowest BCUT2D eigenvalue weighted by atomic mass is 9.78.